The normalized spacial score (nSPS) is 6.75. The zero-order valence-corrected chi connectivity index (χ0v) is 5.81. The SMILES string of the molecule is [Cl][Lr]([Cl])[Cl]. The summed E-state index contributed by atoms with van der Waals surface area (Å²) in [5.74, 6) is 0. The van der Waals surface area contributed by atoms with Crippen molar-refractivity contribution in [3.05, 3.63) is 0 Å². The first-order chi connectivity index (χ1) is 1.73. The molecule has 0 N–H and O–H groups in total. The molecule has 0 nitrogen and oxygen atoms in total. The zero-order chi connectivity index (χ0) is 3.58. The average molecular weight is 368 g/mol. The predicted octanol–water partition coefficient (Wildman–Crippen LogP) is 2.07. The van der Waals surface area contributed by atoms with Gasteiger partial charge in [0, 0.05) is 0 Å². The Kier molecular flexibility index (Phi) is 1.18. The molecule has 0 aromatic carbocycles. The fraction of sp³-hybridized carbons (Fsp3) is 0. The van der Waals surface area contributed by atoms with Gasteiger partial charge in [0.2, 0.25) is 0 Å². The van der Waals surface area contributed by atoms with Crippen LogP contribution in [0.25, 0.3) is 0 Å². The Hall–Kier alpha value is -0.130. The second-order valence-electron chi connectivity index (χ2n) is 0.111. The predicted molar refractivity (Wildman–Crippen MR) is 17.6 cm³/mol. The molecule has 0 heterocycles. The van der Waals surface area contributed by atoms with Crippen molar-refractivity contribution in [2.45, 2.75) is 0 Å². The van der Waals surface area contributed by atoms with Gasteiger partial charge in [0.25, 0.3) is 0 Å². The third-order valence-corrected chi connectivity index (χ3v) is 0. The van der Waals surface area contributed by atoms with E-state index in [9.17, 15) is 0 Å². The molecule has 0 radical (unpaired) electrons. The van der Waals surface area contributed by atoms with Crippen LogP contribution < -0.4 is 0 Å². The van der Waals surface area contributed by atoms with Crippen LogP contribution in [-0.4, -0.2) is 0 Å². The first-order valence-electron chi connectivity index (χ1n) is 0.293. The van der Waals surface area contributed by atoms with Gasteiger partial charge in [-0.3, -0.25) is 0 Å². The third kappa shape index (κ3) is 83.8. The summed E-state index contributed by atoms with van der Waals surface area (Å²) in [5.41, 5.74) is 0. The van der Waals surface area contributed by atoms with Crippen LogP contribution >= 0.6 is 37.2 Å². The van der Waals surface area contributed by atoms with E-state index in [-0.39, 0.29) is 0 Å². The van der Waals surface area contributed by atoms with Crippen molar-refractivity contribution in [2.75, 3.05) is 0 Å². The van der Waals surface area contributed by atoms with Crippen molar-refractivity contribution in [1.29, 1.82) is 0 Å². The van der Waals surface area contributed by atoms with Gasteiger partial charge in [-0.2, -0.15) is 0 Å². The van der Waals surface area contributed by atoms with Crippen LogP contribution in [0.2, 0.25) is 0 Å². The number of hydrogen-bond donors (Lipinski definition) is 0. The maximum atomic E-state index is 4.95. The topological polar surface area (TPSA) is 0 Å². The molecule has 0 rings (SSSR count). The van der Waals surface area contributed by atoms with E-state index in [1.165, 1.54) is 0 Å². The Bertz CT molecular complexity index is 8.00. The summed E-state index contributed by atoms with van der Waals surface area (Å²) < 4.78 is -1.79. The molecule has 4 heavy (non-hydrogen) atoms. The molecule has 0 saturated carbocycles. The molecule has 36 valence electrons. The molecule has 0 saturated heterocycles. The Morgan fingerprint density at radius 3 is 1.00 bits per heavy atom. The first kappa shape index (κ1) is 3.87. The molecular weight excluding hydrogens is 368 g/mol. The first-order valence-corrected chi connectivity index (χ1v) is 8.19. The Labute approximate surface area is 37.8 Å². The van der Waals surface area contributed by atoms with Crippen LogP contribution in [0.3, 0.4) is 0 Å². The van der Waals surface area contributed by atoms with Crippen molar-refractivity contribution in [1.82, 2.24) is 0 Å². The fourth-order valence-corrected chi connectivity index (χ4v) is 0. The number of halogens is 3. The molecule has 0 spiro atoms. The van der Waals surface area contributed by atoms with Crippen molar-refractivity contribution in [3.63, 3.8) is 0 Å². The van der Waals surface area contributed by atoms with Gasteiger partial charge in [0.1, 0.15) is 0 Å². The summed E-state index contributed by atoms with van der Waals surface area (Å²) in [6, 6.07) is 0. The minimum absolute atomic E-state index is 1.79. The molecule has 0 unspecified atom stereocenters. The second kappa shape index (κ2) is 1.22. The van der Waals surface area contributed by atoms with Crippen molar-refractivity contribution in [3.8, 4) is 0 Å². The maximum absolute atomic E-state index is 4.95. The molecule has 0 aliphatic carbocycles. The van der Waals surface area contributed by atoms with Gasteiger partial charge < -0.3 is 0 Å². The van der Waals surface area contributed by atoms with E-state index in [0.29, 0.717) is 0 Å². The van der Waals surface area contributed by atoms with E-state index in [0.717, 1.165) is 0 Å². The molecule has 0 aliphatic heterocycles. The monoisotopic (exact) mass is 367 g/mol. The molecule has 0 aromatic heterocycles. The summed E-state index contributed by atoms with van der Waals surface area (Å²) >= 11 is 14.9. The third-order valence-electron chi connectivity index (χ3n) is 0. The van der Waals surface area contributed by atoms with E-state index < -0.39 is 0 Å². The van der Waals surface area contributed by atoms with Crippen LogP contribution in [0.4, 0.5) is 0 Å². The summed E-state index contributed by atoms with van der Waals surface area (Å²) in [6.45, 7) is 0. The Morgan fingerprint density at radius 1 is 1.00 bits per heavy atom. The fourth-order valence-electron chi connectivity index (χ4n) is 0. The van der Waals surface area contributed by atoms with Gasteiger partial charge in [-0.1, -0.05) is 0 Å². The molecule has 0 aliphatic rings. The van der Waals surface area contributed by atoms with E-state index in [2.05, 4.69) is 0 Å². The van der Waals surface area contributed by atoms with Crippen molar-refractivity contribution >= 4 is 37.2 Å². The molecule has 0 amide bonds. The molecule has 0 fully saturated rings. The van der Waals surface area contributed by atoms with Gasteiger partial charge in [-0.05, 0) is 0 Å². The van der Waals surface area contributed by atoms with Crippen molar-refractivity contribution in [2.24, 2.45) is 0 Å². The van der Waals surface area contributed by atoms with E-state index in [1.54, 1.807) is 0 Å². The molecular formula is Cl3Lr. The van der Waals surface area contributed by atoms with Gasteiger partial charge >= 0.3 is 37.2 Å². The molecule has 0 aromatic rings. The molecule has 0 bridgehead atoms. The number of rotatable bonds is 0. The van der Waals surface area contributed by atoms with Crippen LogP contribution in [0.1, 0.15) is 0 Å². The van der Waals surface area contributed by atoms with Gasteiger partial charge in [-0.15, -0.1) is 0 Å². The Balaban J connectivity index is 2.32. The molecule has 0 atom stereocenters. The van der Waals surface area contributed by atoms with Crippen LogP contribution in [0.5, 0.6) is 0 Å². The van der Waals surface area contributed by atoms with E-state index in [1.807, 2.05) is 0 Å². The standard InChI is InChI=1S/3ClH.Lr/h3*1H;/q;;;+3/p-3. The van der Waals surface area contributed by atoms with Gasteiger partial charge in [0.15, 0.2) is 0 Å². The average Bonchev–Trinajstić information content (AvgIpc) is 0.811. The van der Waals surface area contributed by atoms with Crippen LogP contribution in [-0.2, 0) is 0 Å². The summed E-state index contributed by atoms with van der Waals surface area (Å²) in [5, 5.41) is 0. The van der Waals surface area contributed by atoms with Crippen LogP contribution in [0.15, 0.2) is 0 Å². The van der Waals surface area contributed by atoms with E-state index in [4.69, 9.17) is 37.2 Å². The molecule has 4 heteroatoms. The number of hydrogen-bond acceptors (Lipinski definition) is 0. The Morgan fingerprint density at radius 2 is 1.00 bits per heavy atom. The van der Waals surface area contributed by atoms with Gasteiger partial charge in [0.05, 0.1) is 0 Å². The van der Waals surface area contributed by atoms with Crippen molar-refractivity contribution < 1.29 is 0 Å². The van der Waals surface area contributed by atoms with E-state index >= 15 is 0 Å². The minimum atomic E-state index is -1.79. The van der Waals surface area contributed by atoms with Crippen LogP contribution in [0, 0.1) is 0 Å². The summed E-state index contributed by atoms with van der Waals surface area (Å²) in [7, 11) is 0. The zero-order valence-electron chi connectivity index (χ0n) is 1.39. The van der Waals surface area contributed by atoms with Gasteiger partial charge in [-0.25, -0.2) is 0 Å². The second-order valence-corrected chi connectivity index (χ2v) is 9.29. The quantitative estimate of drug-likeness (QED) is 0.614. The summed E-state index contributed by atoms with van der Waals surface area (Å²) in [4.78, 5) is 0. The summed E-state index contributed by atoms with van der Waals surface area (Å²) in [6.07, 6.45) is 0.